The van der Waals surface area contributed by atoms with Crippen LogP contribution < -0.4 is 5.32 Å². The normalized spacial score (nSPS) is 10.8. The largest absolute Gasteiger partial charge is 0.465 e. The number of hydrogen-bond donors (Lipinski definition) is 2. The van der Waals surface area contributed by atoms with E-state index < -0.39 is 11.6 Å². The number of nitrogens with zero attached hydrogens (tertiary/aromatic N) is 3. The third-order valence-electron chi connectivity index (χ3n) is 3.72. The van der Waals surface area contributed by atoms with E-state index in [1.807, 2.05) is 0 Å². The minimum atomic E-state index is -1.03. The highest BCUT2D eigenvalue weighted by atomic mass is 32.1. The van der Waals surface area contributed by atoms with Crippen molar-refractivity contribution in [1.29, 1.82) is 5.26 Å². The first-order valence-corrected chi connectivity index (χ1v) is 8.85. The van der Waals surface area contributed by atoms with Gasteiger partial charge in [0, 0.05) is 18.6 Å². The molecule has 0 radical (unpaired) electrons. The number of thiazole rings is 1. The van der Waals surface area contributed by atoms with Crippen LogP contribution in [0.5, 0.6) is 0 Å². The summed E-state index contributed by atoms with van der Waals surface area (Å²) in [4.78, 5) is 29.9. The van der Waals surface area contributed by atoms with Crippen molar-refractivity contribution in [3.05, 3.63) is 41.0 Å². The maximum absolute atomic E-state index is 12.4. The SMILES string of the molecule is CC(C)(C)N(CCNC(=O)c1ncsc1-c1ccc(C#N)cc1)C(=O)O. The van der Waals surface area contributed by atoms with E-state index in [0.29, 0.717) is 10.4 Å². The highest BCUT2D eigenvalue weighted by molar-refractivity contribution is 7.13. The lowest BCUT2D eigenvalue weighted by molar-refractivity contribution is 0.0889. The summed E-state index contributed by atoms with van der Waals surface area (Å²) in [5.41, 5.74) is 2.67. The number of aromatic nitrogens is 1. The Morgan fingerprint density at radius 3 is 2.50 bits per heavy atom. The van der Waals surface area contributed by atoms with Gasteiger partial charge in [0.15, 0.2) is 0 Å². The second kappa shape index (κ2) is 7.97. The monoisotopic (exact) mass is 372 g/mol. The topological polar surface area (TPSA) is 106 Å². The number of rotatable bonds is 5. The van der Waals surface area contributed by atoms with E-state index in [9.17, 15) is 14.7 Å². The fourth-order valence-electron chi connectivity index (χ4n) is 2.39. The number of hydrogen-bond acceptors (Lipinski definition) is 5. The van der Waals surface area contributed by atoms with Crippen molar-refractivity contribution in [3.63, 3.8) is 0 Å². The third-order valence-corrected chi connectivity index (χ3v) is 4.60. The van der Waals surface area contributed by atoms with Crippen LogP contribution in [0, 0.1) is 11.3 Å². The Morgan fingerprint density at radius 2 is 1.96 bits per heavy atom. The van der Waals surface area contributed by atoms with Crippen molar-refractivity contribution < 1.29 is 14.7 Å². The molecule has 2 amide bonds. The van der Waals surface area contributed by atoms with Gasteiger partial charge in [0.25, 0.3) is 5.91 Å². The third kappa shape index (κ3) is 4.58. The molecule has 0 spiro atoms. The second-order valence-corrected chi connectivity index (χ2v) is 7.43. The first-order valence-electron chi connectivity index (χ1n) is 7.97. The molecule has 2 rings (SSSR count). The van der Waals surface area contributed by atoms with Crippen LogP contribution in [0.25, 0.3) is 10.4 Å². The van der Waals surface area contributed by atoms with Crippen LogP contribution in [0.1, 0.15) is 36.8 Å². The van der Waals surface area contributed by atoms with E-state index in [0.717, 1.165) is 5.56 Å². The van der Waals surface area contributed by atoms with Gasteiger partial charge in [0.1, 0.15) is 5.69 Å². The highest BCUT2D eigenvalue weighted by Crippen LogP contribution is 2.27. The van der Waals surface area contributed by atoms with Gasteiger partial charge in [0.05, 0.1) is 22.0 Å². The van der Waals surface area contributed by atoms with E-state index in [1.165, 1.54) is 16.2 Å². The van der Waals surface area contributed by atoms with E-state index in [2.05, 4.69) is 16.4 Å². The van der Waals surface area contributed by atoms with Crippen LogP contribution in [0.4, 0.5) is 4.79 Å². The van der Waals surface area contributed by atoms with E-state index in [1.54, 1.807) is 50.5 Å². The Kier molecular flexibility index (Phi) is 5.95. The Labute approximate surface area is 155 Å². The van der Waals surface area contributed by atoms with Gasteiger partial charge in [-0.25, -0.2) is 9.78 Å². The molecule has 0 aliphatic carbocycles. The number of amides is 2. The average molecular weight is 372 g/mol. The van der Waals surface area contributed by atoms with E-state index >= 15 is 0 Å². The fraction of sp³-hybridized carbons (Fsp3) is 0.333. The number of carbonyl (C=O) groups excluding carboxylic acids is 1. The average Bonchev–Trinajstić information content (AvgIpc) is 3.06. The number of benzene rings is 1. The van der Waals surface area contributed by atoms with Crippen LogP contribution >= 0.6 is 11.3 Å². The standard InChI is InChI=1S/C18H20N4O3S/c1-18(2,3)22(17(24)25)9-8-20-16(23)14-15(26-11-21-14)13-6-4-12(10-19)5-7-13/h4-7,11H,8-9H2,1-3H3,(H,20,23)(H,24,25). The van der Waals surface area contributed by atoms with Gasteiger partial charge in [0.2, 0.25) is 0 Å². The molecule has 0 saturated heterocycles. The Hall–Kier alpha value is -2.92. The molecule has 0 bridgehead atoms. The number of nitrogens with one attached hydrogen (secondary N) is 1. The number of nitriles is 1. The first-order chi connectivity index (χ1) is 12.2. The highest BCUT2D eigenvalue weighted by Gasteiger charge is 2.26. The van der Waals surface area contributed by atoms with Gasteiger partial charge < -0.3 is 15.3 Å². The van der Waals surface area contributed by atoms with Gasteiger partial charge >= 0.3 is 6.09 Å². The molecule has 2 N–H and O–H groups in total. The first kappa shape index (κ1) is 19.4. The minimum absolute atomic E-state index is 0.181. The van der Waals surface area contributed by atoms with Gasteiger partial charge in [-0.05, 0) is 38.5 Å². The summed E-state index contributed by atoms with van der Waals surface area (Å²) in [6.07, 6.45) is -1.03. The molecule has 0 aliphatic rings. The predicted molar refractivity (Wildman–Crippen MR) is 99.1 cm³/mol. The molecular weight excluding hydrogens is 352 g/mol. The van der Waals surface area contributed by atoms with Crippen molar-refractivity contribution >= 4 is 23.3 Å². The van der Waals surface area contributed by atoms with Gasteiger partial charge in [-0.1, -0.05) is 12.1 Å². The summed E-state index contributed by atoms with van der Waals surface area (Å²) < 4.78 is 0. The quantitative estimate of drug-likeness (QED) is 0.838. The Bertz CT molecular complexity index is 831. The molecule has 1 aromatic carbocycles. The number of carboxylic acid groups (broad SMARTS) is 1. The zero-order chi connectivity index (χ0) is 19.3. The van der Waals surface area contributed by atoms with Crippen LogP contribution in [0.2, 0.25) is 0 Å². The Balaban J connectivity index is 2.06. The number of carbonyl (C=O) groups is 2. The summed E-state index contributed by atoms with van der Waals surface area (Å²) in [7, 11) is 0. The molecule has 1 aromatic heterocycles. The minimum Gasteiger partial charge on any atom is -0.465 e. The molecule has 0 aliphatic heterocycles. The van der Waals surface area contributed by atoms with E-state index in [4.69, 9.17) is 5.26 Å². The van der Waals surface area contributed by atoms with Gasteiger partial charge in [-0.3, -0.25) is 4.79 Å². The molecule has 0 atom stereocenters. The van der Waals surface area contributed by atoms with Gasteiger partial charge in [-0.15, -0.1) is 11.3 Å². The molecule has 8 heteroatoms. The molecule has 2 aromatic rings. The summed E-state index contributed by atoms with van der Waals surface area (Å²) in [5.74, 6) is -0.357. The molecule has 136 valence electrons. The van der Waals surface area contributed by atoms with Crippen molar-refractivity contribution in [2.24, 2.45) is 0 Å². The molecule has 1 heterocycles. The predicted octanol–water partition coefficient (Wildman–Crippen LogP) is 3.19. The lowest BCUT2D eigenvalue weighted by atomic mass is 10.1. The zero-order valence-corrected chi connectivity index (χ0v) is 15.6. The van der Waals surface area contributed by atoms with Crippen LogP contribution in [-0.2, 0) is 0 Å². The van der Waals surface area contributed by atoms with Crippen LogP contribution in [0.3, 0.4) is 0 Å². The molecule has 0 unspecified atom stereocenters. The summed E-state index contributed by atoms with van der Waals surface area (Å²) in [5, 5.41) is 20.9. The molecule has 7 nitrogen and oxygen atoms in total. The lowest BCUT2D eigenvalue weighted by Gasteiger charge is -2.33. The second-order valence-electron chi connectivity index (χ2n) is 6.58. The van der Waals surface area contributed by atoms with Crippen molar-refractivity contribution in [1.82, 2.24) is 15.2 Å². The smallest absolute Gasteiger partial charge is 0.407 e. The molecule has 0 saturated carbocycles. The van der Waals surface area contributed by atoms with Crippen molar-refractivity contribution in [2.45, 2.75) is 26.3 Å². The maximum Gasteiger partial charge on any atom is 0.407 e. The van der Waals surface area contributed by atoms with E-state index in [-0.39, 0.29) is 24.7 Å². The van der Waals surface area contributed by atoms with Crippen LogP contribution in [0.15, 0.2) is 29.8 Å². The van der Waals surface area contributed by atoms with Gasteiger partial charge in [-0.2, -0.15) is 5.26 Å². The molecular formula is C18H20N4O3S. The Morgan fingerprint density at radius 1 is 1.31 bits per heavy atom. The summed E-state index contributed by atoms with van der Waals surface area (Å²) >= 11 is 1.33. The van der Waals surface area contributed by atoms with Crippen molar-refractivity contribution in [3.8, 4) is 16.5 Å². The molecule has 0 fully saturated rings. The molecule has 26 heavy (non-hydrogen) atoms. The van der Waals surface area contributed by atoms with Crippen molar-refractivity contribution in [2.75, 3.05) is 13.1 Å². The summed E-state index contributed by atoms with van der Waals surface area (Å²) in [6.45, 7) is 5.76. The maximum atomic E-state index is 12.4. The fourth-order valence-corrected chi connectivity index (χ4v) is 3.18. The lowest BCUT2D eigenvalue weighted by Crippen LogP contribution is -2.48. The van der Waals surface area contributed by atoms with Crippen LogP contribution in [-0.4, -0.2) is 45.6 Å². The summed E-state index contributed by atoms with van der Waals surface area (Å²) in [6, 6.07) is 8.97. The zero-order valence-electron chi connectivity index (χ0n) is 14.8.